The summed E-state index contributed by atoms with van der Waals surface area (Å²) in [4.78, 5) is 15.0. The fraction of sp³-hybridized carbons (Fsp3) is 0.588. The summed E-state index contributed by atoms with van der Waals surface area (Å²) in [5.74, 6) is -0.0569. The molecule has 2 fully saturated rings. The number of amides is 1. The molecule has 1 aromatic carbocycles. The van der Waals surface area contributed by atoms with E-state index in [0.717, 1.165) is 50.6 Å². The number of aliphatic hydroxyl groups is 1. The summed E-state index contributed by atoms with van der Waals surface area (Å²) < 4.78 is 13.1. The van der Waals surface area contributed by atoms with Gasteiger partial charge in [0.1, 0.15) is 5.82 Å². The molecule has 3 nitrogen and oxygen atoms in total. The van der Waals surface area contributed by atoms with Crippen LogP contribution in [0, 0.1) is 5.82 Å². The second kappa shape index (κ2) is 5.76. The molecule has 114 valence electrons. The lowest BCUT2D eigenvalue weighted by molar-refractivity contribution is -0.135. The Bertz CT molecular complexity index is 510. The third-order valence-electron chi connectivity index (χ3n) is 4.89. The monoisotopic (exact) mass is 291 g/mol. The standard InChI is InChI=1S/C17H22FNO2/c18-14-7-5-13(6-8-14)17(9-10-17)16(21)19-11-1-3-15(19)4-2-12-20/h5-8,15,20H,1-4,9-12H2. The largest absolute Gasteiger partial charge is 0.396 e. The lowest BCUT2D eigenvalue weighted by atomic mass is 9.93. The van der Waals surface area contributed by atoms with E-state index in [4.69, 9.17) is 5.11 Å². The fourth-order valence-electron chi connectivity index (χ4n) is 3.52. The van der Waals surface area contributed by atoms with Gasteiger partial charge < -0.3 is 10.0 Å². The summed E-state index contributed by atoms with van der Waals surface area (Å²) in [6.07, 6.45) is 5.42. The van der Waals surface area contributed by atoms with Crippen molar-refractivity contribution in [1.29, 1.82) is 0 Å². The van der Waals surface area contributed by atoms with Crippen molar-refractivity contribution in [3.63, 3.8) is 0 Å². The lowest BCUT2D eigenvalue weighted by Gasteiger charge is -2.29. The zero-order valence-electron chi connectivity index (χ0n) is 12.2. The molecule has 0 bridgehead atoms. The van der Waals surface area contributed by atoms with Crippen molar-refractivity contribution in [3.05, 3.63) is 35.6 Å². The van der Waals surface area contributed by atoms with Gasteiger partial charge in [0, 0.05) is 19.2 Å². The maximum absolute atomic E-state index is 13.1. The zero-order chi connectivity index (χ0) is 14.9. The van der Waals surface area contributed by atoms with Crippen molar-refractivity contribution in [2.24, 2.45) is 0 Å². The van der Waals surface area contributed by atoms with Crippen molar-refractivity contribution >= 4 is 5.91 Å². The Morgan fingerprint density at radius 2 is 2.05 bits per heavy atom. The third kappa shape index (κ3) is 2.69. The number of nitrogens with zero attached hydrogens (tertiary/aromatic N) is 1. The number of carbonyl (C=O) groups excluding carboxylic acids is 1. The summed E-state index contributed by atoms with van der Waals surface area (Å²) >= 11 is 0. The minimum atomic E-state index is -0.407. The molecule has 1 aliphatic carbocycles. The first-order valence-electron chi connectivity index (χ1n) is 7.85. The number of halogens is 1. The van der Waals surface area contributed by atoms with Crippen LogP contribution in [0.5, 0.6) is 0 Å². The first-order valence-corrected chi connectivity index (χ1v) is 7.85. The van der Waals surface area contributed by atoms with Gasteiger partial charge in [0.2, 0.25) is 5.91 Å². The molecule has 1 unspecified atom stereocenters. The minimum Gasteiger partial charge on any atom is -0.396 e. The molecule has 1 saturated heterocycles. The number of benzene rings is 1. The number of rotatable bonds is 5. The molecular formula is C17H22FNO2. The summed E-state index contributed by atoms with van der Waals surface area (Å²) in [5.41, 5.74) is 0.539. The van der Waals surface area contributed by atoms with E-state index in [1.54, 1.807) is 12.1 Å². The normalized spacial score (nSPS) is 23.3. The van der Waals surface area contributed by atoms with E-state index in [1.165, 1.54) is 12.1 Å². The molecule has 1 aromatic rings. The van der Waals surface area contributed by atoms with Crippen molar-refractivity contribution in [2.45, 2.75) is 50.0 Å². The Hall–Kier alpha value is -1.42. The molecule has 1 aliphatic heterocycles. The van der Waals surface area contributed by atoms with Crippen LogP contribution < -0.4 is 0 Å². The van der Waals surface area contributed by atoms with Gasteiger partial charge in [0.05, 0.1) is 5.41 Å². The second-order valence-corrected chi connectivity index (χ2v) is 6.25. The van der Waals surface area contributed by atoms with Crippen LogP contribution >= 0.6 is 0 Å². The summed E-state index contributed by atoms with van der Waals surface area (Å²) in [6, 6.07) is 6.65. The molecule has 0 radical (unpaired) electrons. The van der Waals surface area contributed by atoms with Crippen LogP contribution in [0.3, 0.4) is 0 Å². The summed E-state index contributed by atoms with van der Waals surface area (Å²) in [7, 11) is 0. The van der Waals surface area contributed by atoms with Gasteiger partial charge in [-0.15, -0.1) is 0 Å². The van der Waals surface area contributed by atoms with Crippen LogP contribution in [0.4, 0.5) is 4.39 Å². The van der Waals surface area contributed by atoms with Crippen molar-refractivity contribution in [1.82, 2.24) is 4.90 Å². The lowest BCUT2D eigenvalue weighted by Crippen LogP contribution is -2.42. The van der Waals surface area contributed by atoms with E-state index in [-0.39, 0.29) is 24.4 Å². The molecule has 4 heteroatoms. The molecule has 1 saturated carbocycles. The van der Waals surface area contributed by atoms with Gasteiger partial charge in [0.25, 0.3) is 0 Å². The van der Waals surface area contributed by atoms with Gasteiger partial charge in [0.15, 0.2) is 0 Å². The number of aliphatic hydroxyl groups excluding tert-OH is 1. The molecule has 1 atom stereocenters. The Kier molecular flexibility index (Phi) is 3.98. The number of likely N-dealkylation sites (tertiary alicyclic amines) is 1. The van der Waals surface area contributed by atoms with Gasteiger partial charge in [-0.05, 0) is 56.2 Å². The van der Waals surface area contributed by atoms with Gasteiger partial charge in [-0.25, -0.2) is 4.39 Å². The molecule has 3 rings (SSSR count). The van der Waals surface area contributed by atoms with E-state index in [2.05, 4.69) is 0 Å². The number of hydrogen-bond donors (Lipinski definition) is 1. The summed E-state index contributed by atoms with van der Waals surface area (Å²) in [6.45, 7) is 1.000. The molecule has 2 aliphatic rings. The highest BCUT2D eigenvalue weighted by molar-refractivity contribution is 5.91. The average molecular weight is 291 g/mol. The van der Waals surface area contributed by atoms with Crippen LogP contribution in [0.25, 0.3) is 0 Å². The third-order valence-corrected chi connectivity index (χ3v) is 4.89. The minimum absolute atomic E-state index is 0.182. The second-order valence-electron chi connectivity index (χ2n) is 6.25. The van der Waals surface area contributed by atoms with Gasteiger partial charge >= 0.3 is 0 Å². The van der Waals surface area contributed by atoms with E-state index in [1.807, 2.05) is 4.90 Å². The van der Waals surface area contributed by atoms with Crippen LogP contribution in [-0.2, 0) is 10.2 Å². The van der Waals surface area contributed by atoms with Gasteiger partial charge in [-0.1, -0.05) is 12.1 Å². The number of carbonyl (C=O) groups is 1. The average Bonchev–Trinajstić information content (AvgIpc) is 3.17. The number of hydrogen-bond acceptors (Lipinski definition) is 2. The SMILES string of the molecule is O=C(N1CCCC1CCCO)C1(c2ccc(F)cc2)CC1. The Balaban J connectivity index is 1.76. The zero-order valence-corrected chi connectivity index (χ0v) is 12.2. The van der Waals surface area contributed by atoms with Gasteiger partial charge in [-0.2, -0.15) is 0 Å². The molecular weight excluding hydrogens is 269 g/mol. The van der Waals surface area contributed by atoms with Gasteiger partial charge in [-0.3, -0.25) is 4.79 Å². The molecule has 21 heavy (non-hydrogen) atoms. The van der Waals surface area contributed by atoms with E-state index in [0.29, 0.717) is 0 Å². The first kappa shape index (κ1) is 14.5. The van der Waals surface area contributed by atoms with Crippen molar-refractivity contribution in [2.75, 3.05) is 13.2 Å². The van der Waals surface area contributed by atoms with Crippen LogP contribution in [0.2, 0.25) is 0 Å². The van der Waals surface area contributed by atoms with Crippen LogP contribution in [-0.4, -0.2) is 35.1 Å². The summed E-state index contributed by atoms with van der Waals surface area (Å²) in [5, 5.41) is 8.99. The van der Waals surface area contributed by atoms with E-state index < -0.39 is 5.41 Å². The molecule has 0 aromatic heterocycles. The Labute approximate surface area is 124 Å². The topological polar surface area (TPSA) is 40.5 Å². The highest BCUT2D eigenvalue weighted by atomic mass is 19.1. The molecule has 1 amide bonds. The Morgan fingerprint density at radius 1 is 1.33 bits per heavy atom. The molecule has 1 N–H and O–H groups in total. The van der Waals surface area contributed by atoms with Crippen LogP contribution in [0.1, 0.15) is 44.1 Å². The van der Waals surface area contributed by atoms with E-state index in [9.17, 15) is 9.18 Å². The first-order chi connectivity index (χ1) is 10.2. The molecule has 0 spiro atoms. The van der Waals surface area contributed by atoms with E-state index >= 15 is 0 Å². The maximum atomic E-state index is 13.1. The quantitative estimate of drug-likeness (QED) is 0.906. The van der Waals surface area contributed by atoms with Crippen molar-refractivity contribution < 1.29 is 14.3 Å². The maximum Gasteiger partial charge on any atom is 0.233 e. The molecule has 1 heterocycles. The highest BCUT2D eigenvalue weighted by Gasteiger charge is 2.54. The van der Waals surface area contributed by atoms with Crippen LogP contribution in [0.15, 0.2) is 24.3 Å². The predicted molar refractivity (Wildman–Crippen MR) is 78.4 cm³/mol. The Morgan fingerprint density at radius 3 is 2.67 bits per heavy atom. The fourth-order valence-corrected chi connectivity index (χ4v) is 3.52. The van der Waals surface area contributed by atoms with Crippen molar-refractivity contribution in [3.8, 4) is 0 Å². The predicted octanol–water partition coefficient (Wildman–Crippen LogP) is 2.62. The smallest absolute Gasteiger partial charge is 0.233 e. The highest BCUT2D eigenvalue weighted by Crippen LogP contribution is 2.50.